The van der Waals surface area contributed by atoms with Gasteiger partial charge in [0, 0.05) is 18.3 Å². The van der Waals surface area contributed by atoms with E-state index in [0.29, 0.717) is 23.5 Å². The minimum absolute atomic E-state index is 0.117. The van der Waals surface area contributed by atoms with Crippen molar-refractivity contribution >= 4 is 6.21 Å². The van der Waals surface area contributed by atoms with E-state index in [9.17, 15) is 10.2 Å². The van der Waals surface area contributed by atoms with Crippen molar-refractivity contribution in [2.24, 2.45) is 22.2 Å². The van der Waals surface area contributed by atoms with Gasteiger partial charge in [0.2, 0.25) is 0 Å². The topological polar surface area (TPSA) is 56.1 Å². The standard InChI is InChI=1S/C24H36N2O2/c1-24-10-9-18-19(21(24)7-8-23(24)28)6-5-16-14-22(27)17(13-20(16)18)15-25-11-4-12-26(2)3/h13-15,18-19,21,23,27-28H,4-12H2,1-3H3/t18-,19+,21-,23-,24-/m0/s1. The normalized spacial score (nSPS) is 34.5. The van der Waals surface area contributed by atoms with Crippen LogP contribution in [-0.4, -0.2) is 54.6 Å². The molecule has 0 bridgehead atoms. The van der Waals surface area contributed by atoms with Crippen molar-refractivity contribution in [2.75, 3.05) is 27.2 Å². The van der Waals surface area contributed by atoms with Crippen molar-refractivity contribution in [1.29, 1.82) is 0 Å². The number of hydrogen-bond donors (Lipinski definition) is 2. The first-order chi connectivity index (χ1) is 13.4. The lowest BCUT2D eigenvalue weighted by molar-refractivity contribution is -0.0226. The number of aliphatic hydroxyl groups is 1. The lowest BCUT2D eigenvalue weighted by atomic mass is 9.55. The molecule has 0 spiro atoms. The number of nitrogens with zero attached hydrogens (tertiary/aromatic N) is 2. The van der Waals surface area contributed by atoms with Crippen LogP contribution >= 0.6 is 0 Å². The SMILES string of the molecule is CN(C)CCCN=Cc1cc2c(cc1O)CC[C@@H]1[C@@H]2CC[C@]2(C)[C@@H](O)CC[C@@H]12. The third-order valence-corrected chi connectivity index (χ3v) is 7.94. The van der Waals surface area contributed by atoms with E-state index in [1.54, 1.807) is 0 Å². The summed E-state index contributed by atoms with van der Waals surface area (Å²) in [5, 5.41) is 21.1. The first-order valence-corrected chi connectivity index (χ1v) is 11.1. The Labute approximate surface area is 169 Å². The lowest BCUT2D eigenvalue weighted by Crippen LogP contribution is -2.43. The summed E-state index contributed by atoms with van der Waals surface area (Å²) in [4.78, 5) is 6.73. The highest BCUT2D eigenvalue weighted by molar-refractivity contribution is 5.84. The number of aromatic hydroxyl groups is 1. The van der Waals surface area contributed by atoms with E-state index in [1.807, 2.05) is 12.3 Å². The highest BCUT2D eigenvalue weighted by Crippen LogP contribution is 2.61. The molecule has 3 aliphatic rings. The maximum absolute atomic E-state index is 10.6. The molecule has 28 heavy (non-hydrogen) atoms. The zero-order valence-corrected chi connectivity index (χ0v) is 17.7. The second-order valence-corrected chi connectivity index (χ2v) is 9.86. The molecule has 0 amide bonds. The number of rotatable bonds is 5. The van der Waals surface area contributed by atoms with Crippen LogP contribution in [0.3, 0.4) is 0 Å². The summed E-state index contributed by atoms with van der Waals surface area (Å²) < 4.78 is 0. The molecular weight excluding hydrogens is 348 g/mol. The molecule has 3 aliphatic carbocycles. The second-order valence-electron chi connectivity index (χ2n) is 9.86. The Morgan fingerprint density at radius 1 is 1.21 bits per heavy atom. The van der Waals surface area contributed by atoms with Crippen molar-refractivity contribution in [3.63, 3.8) is 0 Å². The van der Waals surface area contributed by atoms with Crippen LogP contribution in [-0.2, 0) is 6.42 Å². The molecule has 2 fully saturated rings. The van der Waals surface area contributed by atoms with Crippen molar-refractivity contribution in [1.82, 2.24) is 4.90 Å². The van der Waals surface area contributed by atoms with Gasteiger partial charge in [-0.3, -0.25) is 4.99 Å². The highest BCUT2D eigenvalue weighted by atomic mass is 16.3. The number of aliphatic imine (C=N–C) groups is 1. The first kappa shape index (κ1) is 19.9. The van der Waals surface area contributed by atoms with Gasteiger partial charge in [0.1, 0.15) is 5.75 Å². The summed E-state index contributed by atoms with van der Waals surface area (Å²) in [5.41, 5.74) is 3.74. The Bertz CT molecular complexity index is 744. The van der Waals surface area contributed by atoms with Crippen LogP contribution in [0.15, 0.2) is 17.1 Å². The molecule has 1 aromatic rings. The molecule has 0 radical (unpaired) electrons. The number of benzene rings is 1. The minimum atomic E-state index is -0.121. The van der Waals surface area contributed by atoms with Crippen LogP contribution in [0, 0.1) is 17.3 Å². The predicted molar refractivity (Wildman–Crippen MR) is 114 cm³/mol. The molecule has 5 atom stereocenters. The van der Waals surface area contributed by atoms with Gasteiger partial charge in [-0.2, -0.15) is 0 Å². The van der Waals surface area contributed by atoms with E-state index in [0.717, 1.165) is 50.8 Å². The molecule has 2 saturated carbocycles. The van der Waals surface area contributed by atoms with E-state index in [4.69, 9.17) is 0 Å². The number of aliphatic hydroxyl groups excluding tert-OH is 1. The van der Waals surface area contributed by atoms with Crippen molar-refractivity contribution in [3.05, 3.63) is 28.8 Å². The molecular formula is C24H36N2O2. The smallest absolute Gasteiger partial charge is 0.124 e. The van der Waals surface area contributed by atoms with E-state index in [1.165, 1.54) is 24.0 Å². The maximum atomic E-state index is 10.6. The molecule has 4 nitrogen and oxygen atoms in total. The van der Waals surface area contributed by atoms with Gasteiger partial charge < -0.3 is 15.1 Å². The van der Waals surface area contributed by atoms with E-state index in [2.05, 4.69) is 37.0 Å². The molecule has 0 saturated heterocycles. The average molecular weight is 385 g/mol. The Morgan fingerprint density at radius 3 is 2.82 bits per heavy atom. The molecule has 4 rings (SSSR count). The Balaban J connectivity index is 1.54. The lowest BCUT2D eigenvalue weighted by Gasteiger charge is -2.50. The number of phenolic OH excluding ortho intramolecular Hbond substituents is 1. The number of hydrogen-bond acceptors (Lipinski definition) is 4. The third kappa shape index (κ3) is 3.50. The quantitative estimate of drug-likeness (QED) is 0.596. The molecule has 2 N–H and O–H groups in total. The summed E-state index contributed by atoms with van der Waals surface area (Å²) in [6, 6.07) is 4.20. The second kappa shape index (κ2) is 7.79. The zero-order valence-electron chi connectivity index (χ0n) is 17.7. The van der Waals surface area contributed by atoms with Crippen molar-refractivity contribution in [3.8, 4) is 5.75 Å². The summed E-state index contributed by atoms with van der Waals surface area (Å²) >= 11 is 0. The van der Waals surface area contributed by atoms with Gasteiger partial charge in [-0.05, 0) is 112 Å². The van der Waals surface area contributed by atoms with Crippen LogP contribution in [0.4, 0.5) is 0 Å². The molecule has 4 heteroatoms. The van der Waals surface area contributed by atoms with Crippen LogP contribution in [0.1, 0.15) is 68.1 Å². The van der Waals surface area contributed by atoms with Gasteiger partial charge in [-0.15, -0.1) is 0 Å². The Hall–Kier alpha value is -1.39. The maximum Gasteiger partial charge on any atom is 0.124 e. The molecule has 1 aromatic carbocycles. The van der Waals surface area contributed by atoms with Crippen LogP contribution < -0.4 is 0 Å². The fourth-order valence-electron chi connectivity index (χ4n) is 6.34. The zero-order chi connectivity index (χ0) is 19.9. The Morgan fingerprint density at radius 2 is 2.04 bits per heavy atom. The van der Waals surface area contributed by atoms with E-state index in [-0.39, 0.29) is 11.5 Å². The van der Waals surface area contributed by atoms with Gasteiger partial charge in [-0.25, -0.2) is 0 Å². The van der Waals surface area contributed by atoms with Crippen molar-refractivity contribution < 1.29 is 10.2 Å². The summed E-state index contributed by atoms with van der Waals surface area (Å²) in [5.74, 6) is 2.27. The molecule has 0 unspecified atom stereocenters. The molecule has 0 heterocycles. The fraction of sp³-hybridized carbons (Fsp3) is 0.708. The summed E-state index contributed by atoms with van der Waals surface area (Å²) in [7, 11) is 4.15. The largest absolute Gasteiger partial charge is 0.507 e. The number of aryl methyl sites for hydroxylation is 1. The van der Waals surface area contributed by atoms with Gasteiger partial charge in [0.05, 0.1) is 6.10 Å². The highest BCUT2D eigenvalue weighted by Gasteiger charge is 2.54. The van der Waals surface area contributed by atoms with Gasteiger partial charge >= 0.3 is 0 Å². The summed E-state index contributed by atoms with van der Waals surface area (Å²) in [6.45, 7) is 4.14. The average Bonchev–Trinajstić information content (AvgIpc) is 2.96. The third-order valence-electron chi connectivity index (χ3n) is 7.94. The fourth-order valence-corrected chi connectivity index (χ4v) is 6.34. The van der Waals surface area contributed by atoms with Crippen LogP contribution in [0.2, 0.25) is 0 Å². The van der Waals surface area contributed by atoms with Crippen LogP contribution in [0.25, 0.3) is 0 Å². The summed E-state index contributed by atoms with van der Waals surface area (Å²) in [6.07, 6.45) is 9.44. The van der Waals surface area contributed by atoms with Gasteiger partial charge in [0.15, 0.2) is 0 Å². The van der Waals surface area contributed by atoms with Crippen LogP contribution in [0.5, 0.6) is 5.75 Å². The number of fused-ring (bicyclic) bond motifs is 5. The molecule has 0 aromatic heterocycles. The minimum Gasteiger partial charge on any atom is -0.507 e. The Kier molecular flexibility index (Phi) is 5.54. The molecule has 154 valence electrons. The monoisotopic (exact) mass is 384 g/mol. The number of phenols is 1. The van der Waals surface area contributed by atoms with E-state index < -0.39 is 0 Å². The molecule has 0 aliphatic heterocycles. The van der Waals surface area contributed by atoms with Gasteiger partial charge in [-0.1, -0.05) is 6.92 Å². The predicted octanol–water partition coefficient (Wildman–Crippen LogP) is 3.98. The van der Waals surface area contributed by atoms with Gasteiger partial charge in [0.25, 0.3) is 0 Å². The first-order valence-electron chi connectivity index (χ1n) is 11.1. The van der Waals surface area contributed by atoms with Crippen molar-refractivity contribution in [2.45, 2.75) is 63.9 Å². The van der Waals surface area contributed by atoms with E-state index >= 15 is 0 Å².